The van der Waals surface area contributed by atoms with Crippen LogP contribution >= 0.6 is 35.1 Å². The van der Waals surface area contributed by atoms with Crippen molar-refractivity contribution in [2.24, 2.45) is 0 Å². The molecule has 1 heterocycles. The molecule has 0 aliphatic rings. The molecule has 0 saturated heterocycles. The van der Waals surface area contributed by atoms with Crippen LogP contribution in [0.25, 0.3) is 5.69 Å². The number of anilines is 1. The second-order valence-corrected chi connectivity index (χ2v) is 9.50. The summed E-state index contributed by atoms with van der Waals surface area (Å²) in [4.78, 5) is 13.7. The van der Waals surface area contributed by atoms with Gasteiger partial charge in [0.15, 0.2) is 17.1 Å². The first kappa shape index (κ1) is 24.2. The predicted molar refractivity (Wildman–Crippen MR) is 139 cm³/mol. The van der Waals surface area contributed by atoms with Crippen LogP contribution < -0.4 is 10.1 Å². The topological polar surface area (TPSA) is 69.0 Å². The first-order valence-corrected chi connectivity index (χ1v) is 13.1. The maximum absolute atomic E-state index is 12.6. The smallest absolute Gasteiger partial charge is 0.234 e. The van der Waals surface area contributed by atoms with E-state index in [1.54, 1.807) is 17.8 Å². The fraction of sp³-hybridized carbons (Fsp3) is 0.160. The van der Waals surface area contributed by atoms with E-state index in [-0.39, 0.29) is 11.7 Å². The molecule has 1 unspecified atom stereocenters. The van der Waals surface area contributed by atoms with Gasteiger partial charge in [-0.15, -0.1) is 22.0 Å². The number of para-hydroxylation sites is 2. The number of ether oxygens (including phenoxy) is 1. The quantitative estimate of drug-likeness (QED) is 0.259. The molecule has 4 rings (SSSR count). The third-order valence-corrected chi connectivity index (χ3v) is 6.83. The number of carbonyl (C=O) groups excluding carboxylic acids is 1. The van der Waals surface area contributed by atoms with Crippen LogP contribution in [0.3, 0.4) is 0 Å². The minimum atomic E-state index is -0.426. The fourth-order valence-electron chi connectivity index (χ4n) is 3.27. The van der Waals surface area contributed by atoms with E-state index in [1.807, 2.05) is 90.5 Å². The van der Waals surface area contributed by atoms with Crippen molar-refractivity contribution in [3.8, 4) is 11.4 Å². The molecule has 0 aliphatic carbocycles. The van der Waals surface area contributed by atoms with E-state index in [2.05, 4.69) is 15.5 Å². The molecule has 4 aromatic rings. The van der Waals surface area contributed by atoms with Gasteiger partial charge in [0.05, 0.1) is 10.8 Å². The molecule has 0 fully saturated rings. The molecule has 3 aromatic carbocycles. The third-order valence-electron chi connectivity index (χ3n) is 4.86. The van der Waals surface area contributed by atoms with Gasteiger partial charge in [0.25, 0.3) is 0 Å². The molecule has 6 nitrogen and oxygen atoms in total. The van der Waals surface area contributed by atoms with Crippen LogP contribution in [0, 0.1) is 0 Å². The van der Waals surface area contributed by atoms with Gasteiger partial charge in [-0.2, -0.15) is 0 Å². The monoisotopic (exact) mass is 510 g/mol. The molecule has 1 aromatic heterocycles. The summed E-state index contributed by atoms with van der Waals surface area (Å²) >= 11 is 9.22. The second kappa shape index (κ2) is 11.5. The summed E-state index contributed by atoms with van der Waals surface area (Å²) in [6.45, 7) is 1.90. The van der Waals surface area contributed by atoms with Crippen molar-refractivity contribution in [1.82, 2.24) is 14.8 Å². The van der Waals surface area contributed by atoms with Crippen LogP contribution in [0.2, 0.25) is 5.02 Å². The Bertz CT molecular complexity index is 1270. The molecule has 34 heavy (non-hydrogen) atoms. The van der Waals surface area contributed by atoms with Crippen LogP contribution in [0.5, 0.6) is 5.75 Å². The third kappa shape index (κ3) is 5.94. The summed E-state index contributed by atoms with van der Waals surface area (Å²) in [5.74, 6) is 1.25. The first-order valence-electron chi connectivity index (χ1n) is 10.5. The zero-order valence-corrected chi connectivity index (χ0v) is 21.0. The highest BCUT2D eigenvalue weighted by Crippen LogP contribution is 2.31. The molecule has 9 heteroatoms. The Morgan fingerprint density at radius 2 is 1.82 bits per heavy atom. The van der Waals surface area contributed by atoms with E-state index in [1.165, 1.54) is 11.8 Å². The zero-order chi connectivity index (χ0) is 23.9. The van der Waals surface area contributed by atoms with Gasteiger partial charge in [0.1, 0.15) is 5.75 Å². The number of nitrogens with zero attached hydrogens (tertiary/aromatic N) is 3. The average Bonchev–Trinajstić information content (AvgIpc) is 3.29. The number of aromatic nitrogens is 3. The van der Waals surface area contributed by atoms with Crippen molar-refractivity contribution < 1.29 is 9.53 Å². The first-order chi connectivity index (χ1) is 16.5. The number of hydrogen-bond acceptors (Lipinski definition) is 6. The molecule has 0 spiro atoms. The number of nitrogens with one attached hydrogen (secondary N) is 1. The van der Waals surface area contributed by atoms with Crippen molar-refractivity contribution in [2.75, 3.05) is 17.3 Å². The van der Waals surface area contributed by atoms with Gasteiger partial charge >= 0.3 is 0 Å². The van der Waals surface area contributed by atoms with Gasteiger partial charge in [0.2, 0.25) is 5.91 Å². The average molecular weight is 511 g/mol. The molecule has 1 amide bonds. The number of rotatable bonds is 9. The lowest BCUT2D eigenvalue weighted by Crippen LogP contribution is -2.15. The Kier molecular flexibility index (Phi) is 8.16. The minimum absolute atomic E-state index is 0.118. The SMILES string of the molecule is CSc1cccc(NC(=O)CSc2nnc(C(C)Oc3ccccc3Cl)n2-c2ccccc2)c1. The summed E-state index contributed by atoms with van der Waals surface area (Å²) in [5.41, 5.74) is 1.65. The number of benzene rings is 3. The minimum Gasteiger partial charge on any atom is -0.481 e. The standard InChI is InChI=1S/C25H23ClN4O2S2/c1-17(32-22-14-7-6-13-21(22)26)24-28-29-25(30(24)19-10-4-3-5-11-19)34-16-23(31)27-18-9-8-12-20(15-18)33-2/h3-15,17H,16H2,1-2H3,(H,27,31). The molecule has 0 saturated carbocycles. The Balaban J connectivity index is 1.53. The van der Waals surface area contributed by atoms with Crippen LogP contribution in [0.1, 0.15) is 18.9 Å². The summed E-state index contributed by atoms with van der Waals surface area (Å²) < 4.78 is 8.00. The Morgan fingerprint density at radius 1 is 1.06 bits per heavy atom. The Hall–Kier alpha value is -2.94. The Labute approximate surface area is 212 Å². The lowest BCUT2D eigenvalue weighted by atomic mass is 10.3. The number of hydrogen-bond donors (Lipinski definition) is 1. The van der Waals surface area contributed by atoms with Crippen molar-refractivity contribution in [3.63, 3.8) is 0 Å². The molecule has 0 radical (unpaired) electrons. The second-order valence-electron chi connectivity index (χ2n) is 7.27. The molecule has 174 valence electrons. The van der Waals surface area contributed by atoms with Crippen LogP contribution in [-0.2, 0) is 4.79 Å². The van der Waals surface area contributed by atoms with Gasteiger partial charge in [-0.25, -0.2) is 0 Å². The fourth-order valence-corrected chi connectivity index (χ4v) is 4.67. The van der Waals surface area contributed by atoms with Crippen molar-refractivity contribution in [2.45, 2.75) is 23.1 Å². The molecule has 0 aliphatic heterocycles. The van der Waals surface area contributed by atoms with Crippen LogP contribution in [0.15, 0.2) is 88.9 Å². The number of carbonyl (C=O) groups is 1. The maximum atomic E-state index is 12.6. The zero-order valence-electron chi connectivity index (χ0n) is 18.6. The molecular formula is C25H23ClN4O2S2. The number of halogens is 1. The summed E-state index contributed by atoms with van der Waals surface area (Å²) in [6.07, 6.45) is 1.58. The van der Waals surface area contributed by atoms with Crippen LogP contribution in [-0.4, -0.2) is 32.7 Å². The van der Waals surface area contributed by atoms with Gasteiger partial charge in [-0.05, 0) is 55.6 Å². The number of amides is 1. The van der Waals surface area contributed by atoms with E-state index < -0.39 is 6.10 Å². The summed E-state index contributed by atoms with van der Waals surface area (Å²) in [7, 11) is 0. The summed E-state index contributed by atoms with van der Waals surface area (Å²) in [5, 5.41) is 12.8. The largest absolute Gasteiger partial charge is 0.481 e. The van der Waals surface area contributed by atoms with Gasteiger partial charge < -0.3 is 10.1 Å². The van der Waals surface area contributed by atoms with E-state index in [0.29, 0.717) is 21.8 Å². The van der Waals surface area contributed by atoms with Gasteiger partial charge in [0, 0.05) is 16.3 Å². The summed E-state index contributed by atoms with van der Waals surface area (Å²) in [6, 6.07) is 24.8. The molecule has 1 N–H and O–H groups in total. The molecule has 0 bridgehead atoms. The van der Waals surface area contributed by atoms with E-state index in [0.717, 1.165) is 16.3 Å². The van der Waals surface area contributed by atoms with E-state index in [9.17, 15) is 4.79 Å². The highest BCUT2D eigenvalue weighted by atomic mass is 35.5. The van der Waals surface area contributed by atoms with Gasteiger partial charge in [-0.1, -0.05) is 59.8 Å². The number of thioether (sulfide) groups is 2. The highest BCUT2D eigenvalue weighted by molar-refractivity contribution is 7.99. The maximum Gasteiger partial charge on any atom is 0.234 e. The van der Waals surface area contributed by atoms with Crippen molar-refractivity contribution in [3.05, 3.63) is 89.7 Å². The van der Waals surface area contributed by atoms with Crippen LogP contribution in [0.4, 0.5) is 5.69 Å². The lowest BCUT2D eigenvalue weighted by molar-refractivity contribution is -0.113. The van der Waals surface area contributed by atoms with E-state index in [4.69, 9.17) is 16.3 Å². The predicted octanol–water partition coefficient (Wildman–Crippen LogP) is 6.51. The molecule has 1 atom stereocenters. The van der Waals surface area contributed by atoms with Crippen molar-refractivity contribution >= 4 is 46.7 Å². The van der Waals surface area contributed by atoms with E-state index >= 15 is 0 Å². The normalized spacial score (nSPS) is 11.7. The lowest BCUT2D eigenvalue weighted by Gasteiger charge is -2.17. The Morgan fingerprint density at radius 3 is 2.59 bits per heavy atom. The van der Waals surface area contributed by atoms with Crippen molar-refractivity contribution in [1.29, 1.82) is 0 Å². The molecular weight excluding hydrogens is 488 g/mol. The highest BCUT2D eigenvalue weighted by Gasteiger charge is 2.22. The van der Waals surface area contributed by atoms with Gasteiger partial charge in [-0.3, -0.25) is 9.36 Å².